The van der Waals surface area contributed by atoms with Gasteiger partial charge in [-0.15, -0.1) is 0 Å². The van der Waals surface area contributed by atoms with Crippen LogP contribution < -0.4 is 22.4 Å². The molecule has 0 radical (unpaired) electrons. The summed E-state index contributed by atoms with van der Waals surface area (Å²) in [5, 5.41) is 5.37. The van der Waals surface area contributed by atoms with E-state index in [2.05, 4.69) is 17.5 Å². The van der Waals surface area contributed by atoms with Gasteiger partial charge in [0.15, 0.2) is 12.4 Å². The Morgan fingerprint density at radius 3 is 2.55 bits per heavy atom. The highest BCUT2D eigenvalue weighted by molar-refractivity contribution is 6.42. The van der Waals surface area contributed by atoms with Crippen LogP contribution in [0, 0.1) is 0 Å². The van der Waals surface area contributed by atoms with E-state index in [0.717, 1.165) is 30.5 Å². The van der Waals surface area contributed by atoms with Gasteiger partial charge in [0.25, 0.3) is 0 Å². The fraction of sp³-hybridized carbons (Fsp3) is 0.318. The Morgan fingerprint density at radius 1 is 1.10 bits per heavy atom. The number of hydrazone groups is 1. The predicted molar refractivity (Wildman–Crippen MR) is 116 cm³/mol. The Balaban J connectivity index is 0.00000420. The summed E-state index contributed by atoms with van der Waals surface area (Å²) in [4.78, 5) is 12.2. The Bertz CT molecular complexity index is 823. The van der Waals surface area contributed by atoms with Gasteiger partial charge in [0.05, 0.1) is 15.8 Å². The number of nitrogens with one attached hydrogen (secondary N) is 1. The first-order valence-corrected chi connectivity index (χ1v) is 10.3. The van der Waals surface area contributed by atoms with Crippen LogP contribution in [-0.2, 0) is 11.3 Å². The Labute approximate surface area is 189 Å². The fourth-order valence-corrected chi connectivity index (χ4v) is 2.90. The van der Waals surface area contributed by atoms with Crippen molar-refractivity contribution in [1.29, 1.82) is 0 Å². The van der Waals surface area contributed by atoms with Crippen molar-refractivity contribution in [3.8, 4) is 0 Å². The second-order valence-corrected chi connectivity index (χ2v) is 7.32. The van der Waals surface area contributed by atoms with Crippen LogP contribution >= 0.6 is 23.2 Å². The molecule has 29 heavy (non-hydrogen) atoms. The summed E-state index contributed by atoms with van der Waals surface area (Å²) in [5.41, 5.74) is 4.42. The number of amides is 1. The number of allylic oxidation sites excluding steroid dienone is 1. The van der Waals surface area contributed by atoms with Gasteiger partial charge in [-0.2, -0.15) is 9.67 Å². The predicted octanol–water partition coefficient (Wildman–Crippen LogP) is 2.44. The van der Waals surface area contributed by atoms with Crippen LogP contribution in [0.2, 0.25) is 10.0 Å². The zero-order valence-electron chi connectivity index (χ0n) is 16.5. The van der Waals surface area contributed by atoms with Crippen LogP contribution in [0.15, 0.2) is 60.0 Å². The molecule has 7 heteroatoms. The number of halogens is 3. The highest BCUT2D eigenvalue weighted by Crippen LogP contribution is 2.23. The third-order valence-corrected chi connectivity index (χ3v) is 4.87. The third-order valence-electron chi connectivity index (χ3n) is 4.13. The SMILES string of the molecule is CCCCCCC(/C=C/c1ccc(Cl)c(Cl)c1)=N\NC(=O)C[n+]1ccccc1.[Cl-]. The van der Waals surface area contributed by atoms with Crippen molar-refractivity contribution in [3.63, 3.8) is 0 Å². The smallest absolute Gasteiger partial charge is 0.305 e. The van der Waals surface area contributed by atoms with E-state index in [4.69, 9.17) is 23.2 Å². The monoisotopic (exact) mass is 453 g/mol. The molecule has 0 bridgehead atoms. The molecule has 4 nitrogen and oxygen atoms in total. The Hall–Kier alpha value is -1.88. The van der Waals surface area contributed by atoms with Gasteiger partial charge in [-0.25, -0.2) is 5.43 Å². The maximum atomic E-state index is 12.2. The Kier molecular flexibility index (Phi) is 12.3. The van der Waals surface area contributed by atoms with Gasteiger partial charge in [-0.3, -0.25) is 4.79 Å². The highest BCUT2D eigenvalue weighted by Gasteiger charge is 2.07. The number of rotatable bonds is 10. The van der Waals surface area contributed by atoms with Crippen molar-refractivity contribution in [1.82, 2.24) is 5.43 Å². The number of carbonyl (C=O) groups excluding carboxylic acids is 1. The zero-order chi connectivity index (χ0) is 20.2. The molecular weight excluding hydrogens is 429 g/mol. The number of carbonyl (C=O) groups is 1. The lowest BCUT2D eigenvalue weighted by Crippen LogP contribution is -3.00. The van der Waals surface area contributed by atoms with Crippen LogP contribution in [0.4, 0.5) is 0 Å². The van der Waals surface area contributed by atoms with Crippen molar-refractivity contribution in [2.24, 2.45) is 5.10 Å². The summed E-state index contributed by atoms with van der Waals surface area (Å²) < 4.78 is 1.80. The molecular formula is C22H26Cl3N3O. The van der Waals surface area contributed by atoms with Gasteiger partial charge in [0.1, 0.15) is 0 Å². The molecule has 0 aliphatic carbocycles. The van der Waals surface area contributed by atoms with E-state index in [-0.39, 0.29) is 24.9 Å². The quantitative estimate of drug-likeness (QED) is 0.255. The molecule has 0 aliphatic rings. The second kappa shape index (κ2) is 14.2. The number of hydrogen-bond donors (Lipinski definition) is 1. The molecule has 0 saturated heterocycles. The molecule has 0 fully saturated rings. The summed E-state index contributed by atoms with van der Waals surface area (Å²) in [7, 11) is 0. The topological polar surface area (TPSA) is 45.3 Å². The standard InChI is InChI=1S/C22H25Cl2N3O.ClH/c1-2-3-4-6-9-19(12-10-18-11-13-20(23)21(24)16-18)25-26-22(28)17-27-14-7-5-8-15-27;/h5,7-8,10-16H,2-4,6,9,17H2,1H3;1H/b12-10+,25-19+;. The lowest BCUT2D eigenvalue weighted by atomic mass is 10.1. The van der Waals surface area contributed by atoms with Gasteiger partial charge in [-0.05, 0) is 36.6 Å². The molecule has 2 rings (SSSR count). The van der Waals surface area contributed by atoms with E-state index in [0.29, 0.717) is 10.0 Å². The molecule has 1 aromatic heterocycles. The van der Waals surface area contributed by atoms with Crippen LogP contribution in [0.1, 0.15) is 44.6 Å². The van der Waals surface area contributed by atoms with Gasteiger partial charge in [0, 0.05) is 12.1 Å². The molecule has 0 unspecified atom stereocenters. The van der Waals surface area contributed by atoms with Gasteiger partial charge < -0.3 is 12.4 Å². The lowest BCUT2D eigenvalue weighted by Gasteiger charge is -2.04. The number of benzene rings is 1. The summed E-state index contributed by atoms with van der Waals surface area (Å²) >= 11 is 12.0. The molecule has 1 N–H and O–H groups in total. The van der Waals surface area contributed by atoms with E-state index in [1.165, 1.54) is 12.8 Å². The lowest BCUT2D eigenvalue weighted by molar-refractivity contribution is -0.684. The normalized spacial score (nSPS) is 11.3. The zero-order valence-corrected chi connectivity index (χ0v) is 18.7. The molecule has 0 aliphatic heterocycles. The van der Waals surface area contributed by atoms with Gasteiger partial charge >= 0.3 is 5.91 Å². The minimum absolute atomic E-state index is 0. The average molecular weight is 455 g/mol. The number of unbranched alkanes of at least 4 members (excludes halogenated alkanes) is 3. The summed E-state index contributed by atoms with van der Waals surface area (Å²) in [6.07, 6.45) is 12.9. The molecule has 0 saturated carbocycles. The largest absolute Gasteiger partial charge is 1.00 e. The minimum Gasteiger partial charge on any atom is -1.00 e. The number of pyridine rings is 1. The Morgan fingerprint density at radius 2 is 1.86 bits per heavy atom. The summed E-state index contributed by atoms with van der Waals surface area (Å²) in [6, 6.07) is 11.1. The highest BCUT2D eigenvalue weighted by atomic mass is 35.5. The van der Waals surface area contributed by atoms with Crippen LogP contribution in [0.5, 0.6) is 0 Å². The molecule has 0 spiro atoms. The molecule has 2 aromatic rings. The van der Waals surface area contributed by atoms with Crippen LogP contribution in [-0.4, -0.2) is 11.6 Å². The van der Waals surface area contributed by atoms with Crippen molar-refractivity contribution < 1.29 is 21.8 Å². The van der Waals surface area contributed by atoms with E-state index in [1.54, 1.807) is 16.7 Å². The molecule has 1 amide bonds. The summed E-state index contributed by atoms with van der Waals surface area (Å²) in [5.74, 6) is -0.162. The number of nitrogens with zero attached hydrogens (tertiary/aromatic N) is 2. The van der Waals surface area contributed by atoms with Crippen molar-refractivity contribution in [3.05, 3.63) is 70.5 Å². The maximum absolute atomic E-state index is 12.2. The van der Waals surface area contributed by atoms with E-state index in [1.807, 2.05) is 48.8 Å². The summed E-state index contributed by atoms with van der Waals surface area (Å²) in [6.45, 7) is 2.41. The minimum atomic E-state index is -0.162. The van der Waals surface area contributed by atoms with Gasteiger partial charge in [-0.1, -0.05) is 67.6 Å². The van der Waals surface area contributed by atoms with Crippen LogP contribution in [0.3, 0.4) is 0 Å². The second-order valence-electron chi connectivity index (χ2n) is 6.50. The molecule has 1 heterocycles. The number of hydrogen-bond acceptors (Lipinski definition) is 2. The molecule has 1 aromatic carbocycles. The van der Waals surface area contributed by atoms with Crippen LogP contribution in [0.25, 0.3) is 6.08 Å². The van der Waals surface area contributed by atoms with E-state index < -0.39 is 0 Å². The molecule has 156 valence electrons. The van der Waals surface area contributed by atoms with Crippen molar-refractivity contribution in [2.45, 2.75) is 45.6 Å². The van der Waals surface area contributed by atoms with Crippen molar-refractivity contribution in [2.75, 3.05) is 0 Å². The van der Waals surface area contributed by atoms with Gasteiger partial charge in [0.2, 0.25) is 6.54 Å². The molecule has 0 atom stereocenters. The van der Waals surface area contributed by atoms with E-state index in [9.17, 15) is 4.79 Å². The first kappa shape index (κ1) is 25.2. The maximum Gasteiger partial charge on any atom is 0.305 e. The average Bonchev–Trinajstić information content (AvgIpc) is 2.70. The van der Waals surface area contributed by atoms with E-state index >= 15 is 0 Å². The van der Waals surface area contributed by atoms with Crippen molar-refractivity contribution >= 4 is 40.9 Å². The first-order valence-electron chi connectivity index (χ1n) is 9.51. The fourth-order valence-electron chi connectivity index (χ4n) is 2.59. The number of aromatic nitrogens is 1. The first-order chi connectivity index (χ1) is 13.6. The third kappa shape index (κ3) is 9.93.